The molecule has 0 amide bonds. The first-order valence-electron chi connectivity index (χ1n) is 8.22. The molecule has 0 bridgehead atoms. The van der Waals surface area contributed by atoms with Crippen LogP contribution in [0.2, 0.25) is 0 Å². The molecule has 27 heavy (non-hydrogen) atoms. The van der Waals surface area contributed by atoms with Gasteiger partial charge in [0.05, 0.1) is 11.4 Å². The summed E-state index contributed by atoms with van der Waals surface area (Å²) in [6.07, 6.45) is 0. The van der Waals surface area contributed by atoms with Crippen molar-refractivity contribution in [2.24, 2.45) is 4.99 Å². The lowest BCUT2D eigenvalue weighted by molar-refractivity contribution is 0.296. The molecular weight excluding hydrogens is 344 g/mol. The van der Waals surface area contributed by atoms with Gasteiger partial charge in [0.1, 0.15) is 5.52 Å². The standard InChI is InChI=1S/C20H15N4O3/c25-24(26)16-11-12-18-17(13-16)23-19(21-14-7-3-1-4-8-14)20(27-18)22-15-9-5-2-6-10-15/h1-13,25H,(H,21,23)/q-1. The molecule has 7 nitrogen and oxygen atoms in total. The predicted octanol–water partition coefficient (Wildman–Crippen LogP) is 4.50. The number of fused-ring (bicyclic) bond motifs is 1. The summed E-state index contributed by atoms with van der Waals surface area (Å²) in [6, 6.07) is 23.3. The fourth-order valence-electron chi connectivity index (χ4n) is 2.55. The van der Waals surface area contributed by atoms with Gasteiger partial charge in [0.25, 0.3) is 5.55 Å². The Morgan fingerprint density at radius 3 is 2.37 bits per heavy atom. The van der Waals surface area contributed by atoms with E-state index in [-0.39, 0.29) is 10.9 Å². The van der Waals surface area contributed by atoms with E-state index in [1.807, 2.05) is 60.7 Å². The fourth-order valence-corrected chi connectivity index (χ4v) is 2.55. The Balaban J connectivity index is 1.89. The second-order valence-corrected chi connectivity index (χ2v) is 5.73. The van der Waals surface area contributed by atoms with E-state index < -0.39 is 0 Å². The van der Waals surface area contributed by atoms with Crippen LogP contribution < -0.4 is 16.1 Å². The van der Waals surface area contributed by atoms with E-state index in [1.165, 1.54) is 12.1 Å². The highest BCUT2D eigenvalue weighted by molar-refractivity contribution is 5.78. The van der Waals surface area contributed by atoms with Gasteiger partial charge in [0.2, 0.25) is 0 Å². The van der Waals surface area contributed by atoms with Crippen LogP contribution in [0.25, 0.3) is 11.1 Å². The van der Waals surface area contributed by atoms with Crippen LogP contribution in [0.3, 0.4) is 0 Å². The summed E-state index contributed by atoms with van der Waals surface area (Å²) in [5.74, 6) is 0.394. The molecule has 134 valence electrons. The highest BCUT2D eigenvalue weighted by atomic mass is 16.8. The van der Waals surface area contributed by atoms with E-state index in [4.69, 9.17) is 9.62 Å². The number of hydrogen-bond donors (Lipinski definition) is 2. The van der Waals surface area contributed by atoms with Gasteiger partial charge in [-0.05, 0) is 42.5 Å². The minimum atomic E-state index is -0.215. The van der Waals surface area contributed by atoms with E-state index >= 15 is 0 Å². The number of nitrogens with one attached hydrogen (secondary N) is 1. The zero-order valence-electron chi connectivity index (χ0n) is 14.1. The highest BCUT2D eigenvalue weighted by Crippen LogP contribution is 2.21. The number of para-hydroxylation sites is 2. The lowest BCUT2D eigenvalue weighted by Crippen LogP contribution is -2.12. The number of benzene rings is 3. The molecule has 0 spiro atoms. The van der Waals surface area contributed by atoms with E-state index in [2.05, 4.69) is 15.3 Å². The van der Waals surface area contributed by atoms with Crippen LogP contribution >= 0.6 is 0 Å². The Morgan fingerprint density at radius 1 is 0.963 bits per heavy atom. The molecule has 1 heterocycles. The minimum absolute atomic E-state index is 0.0589. The van der Waals surface area contributed by atoms with E-state index in [9.17, 15) is 5.21 Å². The second kappa shape index (κ2) is 7.28. The number of hydrogen-bond acceptors (Lipinski definition) is 7. The lowest BCUT2D eigenvalue weighted by Gasteiger charge is -2.21. The van der Waals surface area contributed by atoms with Crippen LogP contribution in [0.15, 0.2) is 88.3 Å². The molecule has 0 unspecified atom stereocenters. The SMILES string of the molecule is [O-]N(O)c1ccc2oc(=Nc3ccccc3)c(Nc3ccccc3)nc2c1. The summed E-state index contributed by atoms with van der Waals surface area (Å²) in [5.41, 5.74) is 2.74. The maximum absolute atomic E-state index is 11.2. The van der Waals surface area contributed by atoms with Gasteiger partial charge >= 0.3 is 0 Å². The molecule has 0 aliphatic rings. The highest BCUT2D eigenvalue weighted by Gasteiger charge is 2.08. The predicted molar refractivity (Wildman–Crippen MR) is 103 cm³/mol. The van der Waals surface area contributed by atoms with Crippen LogP contribution in [-0.2, 0) is 0 Å². The zero-order chi connectivity index (χ0) is 18.6. The smallest absolute Gasteiger partial charge is 0.263 e. The normalized spacial score (nSPS) is 11.6. The van der Waals surface area contributed by atoms with Gasteiger partial charge in [0, 0.05) is 5.69 Å². The monoisotopic (exact) mass is 359 g/mol. The molecule has 3 aromatic carbocycles. The molecule has 0 atom stereocenters. The Bertz CT molecular complexity index is 1130. The topological polar surface area (TPSA) is 97.0 Å². The van der Waals surface area contributed by atoms with Crippen molar-refractivity contribution in [3.8, 4) is 0 Å². The third-order valence-electron chi connectivity index (χ3n) is 3.83. The number of aromatic nitrogens is 1. The summed E-state index contributed by atoms with van der Waals surface area (Å²) >= 11 is 0. The third-order valence-corrected chi connectivity index (χ3v) is 3.83. The van der Waals surface area contributed by atoms with Crippen LogP contribution in [0, 0.1) is 5.21 Å². The number of anilines is 3. The van der Waals surface area contributed by atoms with E-state index in [0.717, 1.165) is 11.4 Å². The van der Waals surface area contributed by atoms with Crippen LogP contribution in [0.1, 0.15) is 0 Å². The first kappa shape index (κ1) is 16.8. The van der Waals surface area contributed by atoms with Gasteiger partial charge in [-0.1, -0.05) is 36.4 Å². The molecule has 0 aliphatic heterocycles. The lowest BCUT2D eigenvalue weighted by atomic mass is 10.3. The van der Waals surface area contributed by atoms with Gasteiger partial charge in [-0.25, -0.2) is 9.98 Å². The fraction of sp³-hybridized carbons (Fsp3) is 0. The molecule has 0 saturated heterocycles. The summed E-state index contributed by atoms with van der Waals surface area (Å²) in [5, 5.41) is 23.2. The maximum Gasteiger partial charge on any atom is 0.263 e. The van der Waals surface area contributed by atoms with Gasteiger partial charge in [-0.15, -0.1) is 0 Å². The van der Waals surface area contributed by atoms with Crippen LogP contribution in [0.5, 0.6) is 0 Å². The Kier molecular flexibility index (Phi) is 4.52. The van der Waals surface area contributed by atoms with Gasteiger partial charge in [-0.2, -0.15) is 0 Å². The van der Waals surface area contributed by atoms with E-state index in [0.29, 0.717) is 22.5 Å². The average molecular weight is 359 g/mol. The molecule has 0 aliphatic carbocycles. The Labute approximate surface area is 154 Å². The zero-order valence-corrected chi connectivity index (χ0v) is 14.1. The molecule has 4 aromatic rings. The van der Waals surface area contributed by atoms with Crippen molar-refractivity contribution in [2.45, 2.75) is 0 Å². The van der Waals surface area contributed by atoms with Crippen molar-refractivity contribution in [2.75, 3.05) is 10.5 Å². The molecule has 0 fully saturated rings. The largest absolute Gasteiger partial charge is 0.733 e. The summed E-state index contributed by atoms with van der Waals surface area (Å²) in [6.45, 7) is 0. The summed E-state index contributed by atoms with van der Waals surface area (Å²) < 4.78 is 5.91. The van der Waals surface area contributed by atoms with Crippen LogP contribution in [-0.4, -0.2) is 10.2 Å². The molecule has 0 radical (unpaired) electrons. The summed E-state index contributed by atoms with van der Waals surface area (Å²) in [7, 11) is 0. The third kappa shape index (κ3) is 3.79. The second-order valence-electron chi connectivity index (χ2n) is 5.73. The number of rotatable bonds is 4. The van der Waals surface area contributed by atoms with Crippen molar-refractivity contribution >= 4 is 34.0 Å². The molecule has 1 aromatic heterocycles. The maximum atomic E-state index is 11.2. The van der Waals surface area contributed by atoms with Crippen LogP contribution in [0.4, 0.5) is 22.9 Å². The minimum Gasteiger partial charge on any atom is -0.733 e. The molecular formula is C20H15N4O3-. The molecule has 2 N–H and O–H groups in total. The van der Waals surface area contributed by atoms with Gasteiger partial charge in [-0.3, -0.25) is 5.21 Å². The molecule has 0 saturated carbocycles. The average Bonchev–Trinajstić information content (AvgIpc) is 2.69. The van der Waals surface area contributed by atoms with Gasteiger partial charge < -0.3 is 20.2 Å². The Hall–Kier alpha value is -3.68. The first-order valence-corrected chi connectivity index (χ1v) is 8.22. The van der Waals surface area contributed by atoms with Crippen molar-refractivity contribution in [3.05, 3.63) is 89.6 Å². The van der Waals surface area contributed by atoms with Gasteiger partial charge in [0.15, 0.2) is 11.4 Å². The summed E-state index contributed by atoms with van der Waals surface area (Å²) in [4.78, 5) is 9.07. The molecule has 4 rings (SSSR count). The van der Waals surface area contributed by atoms with Crippen molar-refractivity contribution in [3.63, 3.8) is 0 Å². The number of nitrogens with zero attached hydrogens (tertiary/aromatic N) is 3. The quantitative estimate of drug-likeness (QED) is 0.521. The van der Waals surface area contributed by atoms with Crippen molar-refractivity contribution in [1.82, 2.24) is 4.98 Å². The van der Waals surface area contributed by atoms with Crippen molar-refractivity contribution < 1.29 is 9.62 Å². The Morgan fingerprint density at radius 2 is 1.67 bits per heavy atom. The van der Waals surface area contributed by atoms with E-state index in [1.54, 1.807) is 6.07 Å². The van der Waals surface area contributed by atoms with Crippen molar-refractivity contribution in [1.29, 1.82) is 0 Å². The molecule has 7 heteroatoms. The first-order chi connectivity index (χ1) is 13.2.